The lowest BCUT2D eigenvalue weighted by atomic mass is 10.2. The largest absolute Gasteiger partial charge is 0.463 e. The number of aliphatic hydroxyl groups is 1. The number of aliphatic hydroxyl groups excluding tert-OH is 1. The van der Waals surface area contributed by atoms with Gasteiger partial charge in [0.25, 0.3) is 5.69 Å². The van der Waals surface area contributed by atoms with Crippen molar-refractivity contribution in [2.45, 2.75) is 25.7 Å². The number of non-ortho nitro benzene ring substituents is 1. The second-order valence-corrected chi connectivity index (χ2v) is 4.38. The van der Waals surface area contributed by atoms with Gasteiger partial charge < -0.3 is 20.7 Å². The van der Waals surface area contributed by atoms with Crippen molar-refractivity contribution in [3.05, 3.63) is 34.4 Å². The van der Waals surface area contributed by atoms with E-state index in [0.717, 1.165) is 0 Å². The molecule has 0 fully saturated rings. The molecule has 0 aliphatic carbocycles. The van der Waals surface area contributed by atoms with E-state index in [1.807, 2.05) is 0 Å². The minimum Gasteiger partial charge on any atom is -0.463 e. The maximum absolute atomic E-state index is 11.5. The Labute approximate surface area is 132 Å². The summed E-state index contributed by atoms with van der Waals surface area (Å²) in [7, 11) is 0. The number of unbranched alkanes of at least 4 members (excludes halogenated alkanes) is 1. The van der Waals surface area contributed by atoms with Gasteiger partial charge >= 0.3 is 11.9 Å². The second-order valence-electron chi connectivity index (χ2n) is 4.38. The predicted molar refractivity (Wildman–Crippen MR) is 80.3 cm³/mol. The van der Waals surface area contributed by atoms with Gasteiger partial charge in [0.05, 0.1) is 11.5 Å². The Balaban J connectivity index is 0.00000484. The molecule has 0 aliphatic rings. The van der Waals surface area contributed by atoms with Gasteiger partial charge in [0, 0.05) is 25.0 Å². The molecule has 0 amide bonds. The molecule has 0 unspecified atom stereocenters. The average molecular weight is 328 g/mol. The Kier molecular flexibility index (Phi) is 9.88. The van der Waals surface area contributed by atoms with Gasteiger partial charge in [-0.2, -0.15) is 0 Å². The molecule has 9 nitrogen and oxygen atoms in total. The SMILES string of the molecule is N.O=C(CCCCC(=O)Oc1ccc([N+](=O)[O-])cc1)OCCO. The standard InChI is InChI=1S/C14H17NO7.H3N/c16-9-10-21-13(17)3-1-2-4-14(18)22-12-7-5-11(6-8-12)15(19)20;/h5-8,16H,1-4,9-10H2;1H3. The molecule has 0 saturated carbocycles. The van der Waals surface area contributed by atoms with E-state index < -0.39 is 16.9 Å². The number of nitro benzene ring substituents is 1. The first kappa shape index (κ1) is 20.5. The van der Waals surface area contributed by atoms with Gasteiger partial charge in [-0.1, -0.05) is 0 Å². The summed E-state index contributed by atoms with van der Waals surface area (Å²) in [5.41, 5.74) is -0.0822. The van der Waals surface area contributed by atoms with Crippen LogP contribution < -0.4 is 10.9 Å². The maximum Gasteiger partial charge on any atom is 0.311 e. The normalized spacial score (nSPS) is 9.61. The molecular formula is C14H20N2O7. The van der Waals surface area contributed by atoms with Crippen molar-refractivity contribution in [3.63, 3.8) is 0 Å². The first-order valence-corrected chi connectivity index (χ1v) is 6.74. The lowest BCUT2D eigenvalue weighted by Crippen LogP contribution is -2.10. The van der Waals surface area contributed by atoms with Gasteiger partial charge in [0.2, 0.25) is 0 Å². The second kappa shape index (κ2) is 11.1. The Morgan fingerprint density at radius 2 is 1.65 bits per heavy atom. The third-order valence-corrected chi connectivity index (χ3v) is 2.65. The molecule has 0 heterocycles. The zero-order chi connectivity index (χ0) is 16.4. The third-order valence-electron chi connectivity index (χ3n) is 2.65. The van der Waals surface area contributed by atoms with Crippen molar-refractivity contribution < 1.29 is 29.1 Å². The number of carbonyl (C=O) groups excluding carboxylic acids is 2. The minimum atomic E-state index is -0.540. The monoisotopic (exact) mass is 328 g/mol. The summed E-state index contributed by atoms with van der Waals surface area (Å²) in [4.78, 5) is 32.6. The quantitative estimate of drug-likeness (QED) is 0.229. The number of carbonyl (C=O) groups is 2. The topological polar surface area (TPSA) is 151 Å². The van der Waals surface area contributed by atoms with Gasteiger partial charge in [-0.15, -0.1) is 0 Å². The van der Waals surface area contributed by atoms with E-state index in [1.165, 1.54) is 24.3 Å². The Morgan fingerprint density at radius 1 is 1.09 bits per heavy atom. The van der Waals surface area contributed by atoms with Gasteiger partial charge in [-0.25, -0.2) is 0 Å². The summed E-state index contributed by atoms with van der Waals surface area (Å²) < 4.78 is 9.67. The fourth-order valence-electron chi connectivity index (χ4n) is 1.59. The van der Waals surface area contributed by atoms with Crippen LogP contribution in [-0.2, 0) is 14.3 Å². The van der Waals surface area contributed by atoms with E-state index in [0.29, 0.717) is 12.8 Å². The number of ether oxygens (including phenoxy) is 2. The minimum absolute atomic E-state index is 0. The summed E-state index contributed by atoms with van der Waals surface area (Å²) in [5.74, 6) is -0.659. The first-order chi connectivity index (χ1) is 10.5. The van der Waals surface area contributed by atoms with Gasteiger partial charge in [-0.05, 0) is 25.0 Å². The maximum atomic E-state index is 11.5. The van der Waals surface area contributed by atoms with Crippen LogP contribution in [0.5, 0.6) is 5.75 Å². The molecule has 0 aliphatic heterocycles. The van der Waals surface area contributed by atoms with Crippen molar-refractivity contribution in [2.24, 2.45) is 0 Å². The third kappa shape index (κ3) is 8.49. The number of nitro groups is 1. The molecule has 0 aromatic heterocycles. The summed E-state index contributed by atoms with van der Waals surface area (Å²) in [5, 5.41) is 18.9. The fourth-order valence-corrected chi connectivity index (χ4v) is 1.59. The van der Waals surface area contributed by atoms with Crippen molar-refractivity contribution in [1.29, 1.82) is 0 Å². The zero-order valence-corrected chi connectivity index (χ0v) is 12.6. The van der Waals surface area contributed by atoms with Gasteiger partial charge in [-0.3, -0.25) is 19.7 Å². The first-order valence-electron chi connectivity index (χ1n) is 6.74. The van der Waals surface area contributed by atoms with E-state index in [2.05, 4.69) is 4.74 Å². The Hall–Kier alpha value is -2.52. The summed E-state index contributed by atoms with van der Waals surface area (Å²) in [6.07, 6.45) is 1.23. The Morgan fingerprint density at radius 3 is 2.17 bits per heavy atom. The number of rotatable bonds is 9. The molecule has 0 saturated heterocycles. The van der Waals surface area contributed by atoms with Crippen molar-refractivity contribution in [1.82, 2.24) is 6.15 Å². The summed E-state index contributed by atoms with van der Waals surface area (Å²) in [6, 6.07) is 5.20. The zero-order valence-electron chi connectivity index (χ0n) is 12.6. The molecule has 1 aromatic carbocycles. The van der Waals surface area contributed by atoms with E-state index in [4.69, 9.17) is 9.84 Å². The predicted octanol–water partition coefficient (Wildman–Crippen LogP) is 1.76. The number of hydrogen-bond acceptors (Lipinski definition) is 8. The summed E-state index contributed by atoms with van der Waals surface area (Å²) in [6.45, 7) is -0.242. The van der Waals surface area contributed by atoms with Crippen LogP contribution in [0, 0.1) is 10.1 Å². The molecule has 1 aromatic rings. The molecule has 23 heavy (non-hydrogen) atoms. The van der Waals surface area contributed by atoms with Crippen LogP contribution in [0.2, 0.25) is 0 Å². The molecule has 128 valence electrons. The molecule has 9 heteroatoms. The molecule has 4 N–H and O–H groups in total. The molecule has 0 bridgehead atoms. The van der Waals surface area contributed by atoms with Crippen LogP contribution in [0.25, 0.3) is 0 Å². The van der Waals surface area contributed by atoms with Gasteiger partial charge in [0.1, 0.15) is 12.4 Å². The average Bonchev–Trinajstić information content (AvgIpc) is 2.50. The van der Waals surface area contributed by atoms with E-state index >= 15 is 0 Å². The number of benzene rings is 1. The van der Waals surface area contributed by atoms with Crippen molar-refractivity contribution in [3.8, 4) is 5.75 Å². The van der Waals surface area contributed by atoms with E-state index in [-0.39, 0.29) is 43.6 Å². The smallest absolute Gasteiger partial charge is 0.311 e. The summed E-state index contributed by atoms with van der Waals surface area (Å²) >= 11 is 0. The highest BCUT2D eigenvalue weighted by molar-refractivity contribution is 5.72. The molecular weight excluding hydrogens is 308 g/mol. The highest BCUT2D eigenvalue weighted by Crippen LogP contribution is 2.18. The van der Waals surface area contributed by atoms with E-state index in [1.54, 1.807) is 0 Å². The van der Waals surface area contributed by atoms with Crippen LogP contribution in [0.4, 0.5) is 5.69 Å². The van der Waals surface area contributed by atoms with Crippen LogP contribution in [0.15, 0.2) is 24.3 Å². The molecule has 1 rings (SSSR count). The molecule has 0 atom stereocenters. The fraction of sp³-hybridized carbons (Fsp3) is 0.429. The molecule has 0 radical (unpaired) electrons. The van der Waals surface area contributed by atoms with Crippen LogP contribution in [0.1, 0.15) is 25.7 Å². The van der Waals surface area contributed by atoms with Crippen LogP contribution >= 0.6 is 0 Å². The van der Waals surface area contributed by atoms with Crippen LogP contribution in [0.3, 0.4) is 0 Å². The molecule has 0 spiro atoms. The number of nitrogens with zero attached hydrogens (tertiary/aromatic N) is 1. The number of esters is 2. The van der Waals surface area contributed by atoms with Crippen molar-refractivity contribution in [2.75, 3.05) is 13.2 Å². The van der Waals surface area contributed by atoms with Crippen LogP contribution in [-0.4, -0.2) is 35.2 Å². The van der Waals surface area contributed by atoms with Gasteiger partial charge in [0.15, 0.2) is 0 Å². The Bertz CT molecular complexity index is 516. The number of hydrogen-bond donors (Lipinski definition) is 2. The highest BCUT2D eigenvalue weighted by Gasteiger charge is 2.09. The van der Waals surface area contributed by atoms with Crippen molar-refractivity contribution >= 4 is 17.6 Å². The van der Waals surface area contributed by atoms with E-state index in [9.17, 15) is 19.7 Å². The lowest BCUT2D eigenvalue weighted by molar-refractivity contribution is -0.384. The highest BCUT2D eigenvalue weighted by atomic mass is 16.6. The lowest BCUT2D eigenvalue weighted by Gasteiger charge is -2.04.